The smallest absolute Gasteiger partial charge is 0.410 e. The average Bonchev–Trinajstić information content (AvgIpc) is 2.75. The molecule has 1 aliphatic carbocycles. The third-order valence-electron chi connectivity index (χ3n) is 4.05. The number of amides is 1. The van der Waals surface area contributed by atoms with Crippen molar-refractivity contribution in [2.45, 2.75) is 58.6 Å². The molecule has 1 saturated heterocycles. The SMILES string of the molecule is CC1N(C(=O)OC(C)(C)C)CCC12CC=CC2. The molecule has 17 heavy (non-hydrogen) atoms. The summed E-state index contributed by atoms with van der Waals surface area (Å²) < 4.78 is 5.46. The summed E-state index contributed by atoms with van der Waals surface area (Å²) in [5.41, 5.74) is -0.114. The van der Waals surface area contributed by atoms with Crippen LogP contribution >= 0.6 is 0 Å². The Kier molecular flexibility index (Phi) is 2.96. The van der Waals surface area contributed by atoms with Crippen molar-refractivity contribution in [3.05, 3.63) is 12.2 Å². The molecule has 0 aromatic rings. The van der Waals surface area contributed by atoms with Crippen molar-refractivity contribution >= 4 is 6.09 Å². The fraction of sp³-hybridized carbons (Fsp3) is 0.786. The van der Waals surface area contributed by atoms with Crippen LogP contribution in [0.3, 0.4) is 0 Å². The molecule has 96 valence electrons. The molecule has 0 aromatic heterocycles. The minimum absolute atomic E-state index is 0.159. The predicted octanol–water partition coefficient (Wildman–Crippen LogP) is 3.35. The van der Waals surface area contributed by atoms with Crippen LogP contribution in [0.2, 0.25) is 0 Å². The van der Waals surface area contributed by atoms with Crippen LogP contribution in [0.4, 0.5) is 4.79 Å². The highest BCUT2D eigenvalue weighted by molar-refractivity contribution is 5.69. The van der Waals surface area contributed by atoms with Gasteiger partial charge in [0.25, 0.3) is 0 Å². The molecule has 0 aromatic carbocycles. The summed E-state index contributed by atoms with van der Waals surface area (Å²) in [5.74, 6) is 0. The summed E-state index contributed by atoms with van der Waals surface area (Å²) >= 11 is 0. The summed E-state index contributed by atoms with van der Waals surface area (Å²) in [4.78, 5) is 14.0. The molecule has 0 bridgehead atoms. The van der Waals surface area contributed by atoms with Gasteiger partial charge in [0.15, 0.2) is 0 Å². The first kappa shape index (κ1) is 12.5. The van der Waals surface area contributed by atoms with Crippen molar-refractivity contribution in [3.63, 3.8) is 0 Å². The molecule has 1 fully saturated rings. The molecule has 1 aliphatic heterocycles. The number of nitrogens with zero attached hydrogens (tertiary/aromatic N) is 1. The number of allylic oxidation sites excluding steroid dienone is 2. The number of rotatable bonds is 0. The topological polar surface area (TPSA) is 29.5 Å². The van der Waals surface area contributed by atoms with Crippen molar-refractivity contribution in [3.8, 4) is 0 Å². The third-order valence-corrected chi connectivity index (χ3v) is 4.05. The van der Waals surface area contributed by atoms with Gasteiger partial charge in [-0.3, -0.25) is 0 Å². The lowest BCUT2D eigenvalue weighted by Gasteiger charge is -2.33. The van der Waals surface area contributed by atoms with E-state index in [1.54, 1.807) is 0 Å². The Morgan fingerprint density at radius 1 is 1.35 bits per heavy atom. The first-order valence-electron chi connectivity index (χ1n) is 6.49. The number of ether oxygens (including phenoxy) is 1. The molecule has 0 saturated carbocycles. The van der Waals surface area contributed by atoms with Crippen LogP contribution < -0.4 is 0 Å². The van der Waals surface area contributed by atoms with Gasteiger partial charge in [0.1, 0.15) is 5.60 Å². The van der Waals surface area contributed by atoms with Crippen LogP contribution in [0.15, 0.2) is 12.2 Å². The van der Waals surface area contributed by atoms with Crippen LogP contribution in [-0.2, 0) is 4.74 Å². The maximum absolute atomic E-state index is 12.1. The van der Waals surface area contributed by atoms with E-state index in [9.17, 15) is 4.79 Å². The van der Waals surface area contributed by atoms with Crippen LogP contribution in [0.5, 0.6) is 0 Å². The number of carbonyl (C=O) groups is 1. The molecule has 1 amide bonds. The molecule has 2 rings (SSSR count). The van der Waals surface area contributed by atoms with Crippen molar-refractivity contribution in [1.82, 2.24) is 4.90 Å². The Bertz CT molecular complexity index is 333. The lowest BCUT2D eigenvalue weighted by Crippen LogP contribution is -2.42. The van der Waals surface area contributed by atoms with Gasteiger partial charge in [-0.05, 0) is 52.4 Å². The van der Waals surface area contributed by atoms with E-state index in [1.165, 1.54) is 0 Å². The Hall–Kier alpha value is -0.990. The van der Waals surface area contributed by atoms with E-state index in [2.05, 4.69) is 19.1 Å². The highest BCUT2D eigenvalue weighted by Gasteiger charge is 2.47. The molecule has 3 heteroatoms. The van der Waals surface area contributed by atoms with Crippen LogP contribution in [0.1, 0.15) is 47.0 Å². The molecule has 1 heterocycles. The summed E-state index contributed by atoms with van der Waals surface area (Å²) in [6.07, 6.45) is 7.64. The van der Waals surface area contributed by atoms with Gasteiger partial charge in [0.05, 0.1) is 0 Å². The zero-order valence-corrected chi connectivity index (χ0v) is 11.3. The summed E-state index contributed by atoms with van der Waals surface area (Å²) in [7, 11) is 0. The number of hydrogen-bond donors (Lipinski definition) is 0. The molecule has 1 unspecified atom stereocenters. The molecule has 0 N–H and O–H groups in total. The van der Waals surface area contributed by atoms with Crippen molar-refractivity contribution in [2.24, 2.45) is 5.41 Å². The second kappa shape index (κ2) is 4.04. The quantitative estimate of drug-likeness (QED) is 0.605. The average molecular weight is 237 g/mol. The lowest BCUT2D eigenvalue weighted by atomic mass is 9.79. The Morgan fingerprint density at radius 3 is 2.47 bits per heavy atom. The van der Waals surface area contributed by atoms with Crippen molar-refractivity contribution in [2.75, 3.05) is 6.54 Å². The molecular weight excluding hydrogens is 214 g/mol. The normalized spacial score (nSPS) is 26.8. The first-order chi connectivity index (χ1) is 7.84. The van der Waals surface area contributed by atoms with Gasteiger partial charge in [-0.25, -0.2) is 4.79 Å². The largest absolute Gasteiger partial charge is 0.444 e. The highest BCUT2D eigenvalue weighted by Crippen LogP contribution is 2.46. The van der Waals surface area contributed by atoms with Gasteiger partial charge in [0, 0.05) is 12.6 Å². The third kappa shape index (κ3) is 2.33. The van der Waals surface area contributed by atoms with Gasteiger partial charge in [-0.1, -0.05) is 12.2 Å². The minimum atomic E-state index is -0.402. The second-order valence-corrected chi connectivity index (χ2v) is 6.34. The molecule has 0 radical (unpaired) electrons. The van der Waals surface area contributed by atoms with Crippen LogP contribution in [0, 0.1) is 5.41 Å². The number of carbonyl (C=O) groups excluding carboxylic acids is 1. The zero-order chi connectivity index (χ0) is 12.7. The second-order valence-electron chi connectivity index (χ2n) is 6.34. The van der Waals surface area contributed by atoms with E-state index < -0.39 is 5.60 Å². The van der Waals surface area contributed by atoms with E-state index in [0.717, 1.165) is 25.8 Å². The van der Waals surface area contributed by atoms with E-state index in [4.69, 9.17) is 4.74 Å². The Balaban J connectivity index is 2.02. The van der Waals surface area contributed by atoms with Crippen molar-refractivity contribution < 1.29 is 9.53 Å². The fourth-order valence-electron chi connectivity index (χ4n) is 2.91. The lowest BCUT2D eigenvalue weighted by molar-refractivity contribution is 0.0188. The first-order valence-corrected chi connectivity index (χ1v) is 6.49. The highest BCUT2D eigenvalue weighted by atomic mass is 16.6. The molecule has 1 atom stereocenters. The maximum Gasteiger partial charge on any atom is 0.410 e. The van der Waals surface area contributed by atoms with E-state index in [0.29, 0.717) is 0 Å². The molecular formula is C14H23NO2. The standard InChI is InChI=1S/C14H23NO2/c1-11-14(7-5-6-8-14)9-10-15(11)12(16)17-13(2,3)4/h5-6,11H,7-10H2,1-4H3. The molecule has 1 spiro atoms. The Morgan fingerprint density at radius 2 is 1.94 bits per heavy atom. The number of hydrogen-bond acceptors (Lipinski definition) is 2. The van der Waals surface area contributed by atoms with E-state index >= 15 is 0 Å². The van der Waals surface area contributed by atoms with Crippen LogP contribution in [-0.4, -0.2) is 29.2 Å². The van der Waals surface area contributed by atoms with Gasteiger partial charge < -0.3 is 9.64 Å². The monoisotopic (exact) mass is 237 g/mol. The summed E-state index contributed by atoms with van der Waals surface area (Å²) in [5, 5.41) is 0. The van der Waals surface area contributed by atoms with Crippen molar-refractivity contribution in [1.29, 1.82) is 0 Å². The zero-order valence-electron chi connectivity index (χ0n) is 11.3. The van der Waals surface area contributed by atoms with E-state index in [1.807, 2.05) is 25.7 Å². The summed E-state index contributed by atoms with van der Waals surface area (Å²) in [6.45, 7) is 8.73. The summed E-state index contributed by atoms with van der Waals surface area (Å²) in [6, 6.07) is 0.285. The molecule has 3 nitrogen and oxygen atoms in total. The van der Waals surface area contributed by atoms with E-state index in [-0.39, 0.29) is 17.6 Å². The minimum Gasteiger partial charge on any atom is -0.444 e. The number of likely N-dealkylation sites (tertiary alicyclic amines) is 1. The fourth-order valence-corrected chi connectivity index (χ4v) is 2.91. The maximum atomic E-state index is 12.1. The van der Waals surface area contributed by atoms with Gasteiger partial charge in [-0.2, -0.15) is 0 Å². The predicted molar refractivity (Wildman–Crippen MR) is 67.8 cm³/mol. The van der Waals surface area contributed by atoms with Crippen LogP contribution in [0.25, 0.3) is 0 Å². The molecule has 2 aliphatic rings. The van der Waals surface area contributed by atoms with Gasteiger partial charge in [0.2, 0.25) is 0 Å². The Labute approximate surface area is 104 Å². The van der Waals surface area contributed by atoms with Gasteiger partial charge in [-0.15, -0.1) is 0 Å². The van der Waals surface area contributed by atoms with Gasteiger partial charge >= 0.3 is 6.09 Å².